The fourth-order valence-corrected chi connectivity index (χ4v) is 4.10. The molecule has 108 valence electrons. The summed E-state index contributed by atoms with van der Waals surface area (Å²) < 4.78 is 1.14. The Labute approximate surface area is 140 Å². The predicted molar refractivity (Wildman–Crippen MR) is 97.1 cm³/mol. The van der Waals surface area contributed by atoms with Gasteiger partial charge < -0.3 is 0 Å². The monoisotopic (exact) mass is 348 g/mol. The Hall–Kier alpha value is -1.86. The van der Waals surface area contributed by atoms with E-state index in [4.69, 9.17) is 0 Å². The molecule has 0 fully saturated rings. The zero-order valence-electron chi connectivity index (χ0n) is 12.7. The van der Waals surface area contributed by atoms with Crippen LogP contribution >= 0.6 is 15.9 Å². The van der Waals surface area contributed by atoms with Gasteiger partial charge in [-0.05, 0) is 45.5 Å². The van der Waals surface area contributed by atoms with Crippen molar-refractivity contribution in [3.05, 3.63) is 82.3 Å². The molecule has 0 unspecified atom stereocenters. The fraction of sp³-hybridized carbons (Fsp3) is 0.143. The Morgan fingerprint density at radius 3 is 2.09 bits per heavy atom. The number of benzene rings is 3. The maximum absolute atomic E-state index is 3.67. The topological polar surface area (TPSA) is 0 Å². The summed E-state index contributed by atoms with van der Waals surface area (Å²) in [7, 11) is 0. The molecule has 1 heteroatoms. The van der Waals surface area contributed by atoms with E-state index >= 15 is 0 Å². The molecule has 22 heavy (non-hydrogen) atoms. The lowest BCUT2D eigenvalue weighted by molar-refractivity contribution is 0.660. The van der Waals surface area contributed by atoms with Gasteiger partial charge in [-0.15, -0.1) is 0 Å². The molecule has 0 atom stereocenters. The van der Waals surface area contributed by atoms with Crippen LogP contribution in [0.15, 0.2) is 71.2 Å². The maximum atomic E-state index is 3.67. The zero-order chi connectivity index (χ0) is 15.3. The fourth-order valence-electron chi connectivity index (χ4n) is 3.58. The molecule has 4 rings (SSSR count). The second kappa shape index (κ2) is 4.82. The average molecular weight is 349 g/mol. The highest BCUT2D eigenvalue weighted by molar-refractivity contribution is 9.10. The molecular weight excluding hydrogens is 332 g/mol. The molecule has 0 aliphatic heterocycles. The van der Waals surface area contributed by atoms with Crippen LogP contribution in [0.1, 0.15) is 25.0 Å². The molecule has 3 aromatic carbocycles. The maximum Gasteiger partial charge on any atom is 0.0253 e. The van der Waals surface area contributed by atoms with E-state index in [9.17, 15) is 0 Å². The van der Waals surface area contributed by atoms with E-state index in [0.717, 1.165) is 4.47 Å². The van der Waals surface area contributed by atoms with Crippen LogP contribution in [0.3, 0.4) is 0 Å². The summed E-state index contributed by atoms with van der Waals surface area (Å²) >= 11 is 3.67. The van der Waals surface area contributed by atoms with Crippen molar-refractivity contribution in [1.82, 2.24) is 0 Å². The van der Waals surface area contributed by atoms with Crippen molar-refractivity contribution in [2.24, 2.45) is 0 Å². The first-order valence-electron chi connectivity index (χ1n) is 7.58. The van der Waals surface area contributed by atoms with Gasteiger partial charge in [-0.2, -0.15) is 0 Å². The summed E-state index contributed by atoms with van der Waals surface area (Å²) in [5.41, 5.74) is 8.17. The van der Waals surface area contributed by atoms with E-state index in [1.165, 1.54) is 33.4 Å². The van der Waals surface area contributed by atoms with Gasteiger partial charge in [-0.25, -0.2) is 0 Å². The molecule has 0 heterocycles. The summed E-state index contributed by atoms with van der Waals surface area (Å²) in [5.74, 6) is 0. The van der Waals surface area contributed by atoms with Crippen molar-refractivity contribution < 1.29 is 0 Å². The summed E-state index contributed by atoms with van der Waals surface area (Å²) in [5, 5.41) is 0. The van der Waals surface area contributed by atoms with Crippen LogP contribution in [0.2, 0.25) is 0 Å². The second-order valence-electron chi connectivity index (χ2n) is 6.41. The summed E-state index contributed by atoms with van der Waals surface area (Å²) in [6, 6.07) is 24.1. The minimum absolute atomic E-state index is 0.0817. The highest BCUT2D eigenvalue weighted by atomic mass is 79.9. The van der Waals surface area contributed by atoms with Crippen LogP contribution < -0.4 is 0 Å². The minimum atomic E-state index is 0.0817. The second-order valence-corrected chi connectivity index (χ2v) is 7.27. The SMILES string of the molecule is CC1(C)c2ccccc2-c2cc(-c3ccccc3Br)ccc21. The first-order valence-corrected chi connectivity index (χ1v) is 8.37. The number of rotatable bonds is 1. The van der Waals surface area contributed by atoms with Gasteiger partial charge in [-0.3, -0.25) is 0 Å². The highest BCUT2D eigenvalue weighted by Gasteiger charge is 2.35. The van der Waals surface area contributed by atoms with E-state index in [0.29, 0.717) is 0 Å². The van der Waals surface area contributed by atoms with Crippen LogP contribution in [-0.4, -0.2) is 0 Å². The van der Waals surface area contributed by atoms with E-state index in [2.05, 4.69) is 96.5 Å². The Kier molecular flexibility index (Phi) is 3.02. The molecule has 0 nitrogen and oxygen atoms in total. The lowest BCUT2D eigenvalue weighted by Crippen LogP contribution is -2.14. The molecule has 3 aromatic rings. The first-order chi connectivity index (χ1) is 10.6. The van der Waals surface area contributed by atoms with Crippen molar-refractivity contribution in [2.45, 2.75) is 19.3 Å². The Morgan fingerprint density at radius 2 is 1.32 bits per heavy atom. The third-order valence-electron chi connectivity index (χ3n) is 4.77. The van der Waals surface area contributed by atoms with Gasteiger partial charge in [0.05, 0.1) is 0 Å². The normalized spacial score (nSPS) is 14.5. The third kappa shape index (κ3) is 1.89. The standard InChI is InChI=1S/C21H17Br/c1-21(2)18-9-5-3-8-16(18)17-13-14(11-12-19(17)21)15-7-4-6-10-20(15)22/h3-13H,1-2H3. The van der Waals surface area contributed by atoms with Crippen molar-refractivity contribution in [2.75, 3.05) is 0 Å². The van der Waals surface area contributed by atoms with Gasteiger partial charge in [0.1, 0.15) is 0 Å². The average Bonchev–Trinajstić information content (AvgIpc) is 2.76. The molecule has 0 saturated heterocycles. The van der Waals surface area contributed by atoms with E-state index in [1.807, 2.05) is 0 Å². The molecule has 0 saturated carbocycles. The zero-order valence-corrected chi connectivity index (χ0v) is 14.3. The van der Waals surface area contributed by atoms with Crippen LogP contribution in [-0.2, 0) is 5.41 Å². The smallest absolute Gasteiger partial charge is 0.0253 e. The number of halogens is 1. The van der Waals surface area contributed by atoms with Gasteiger partial charge >= 0.3 is 0 Å². The van der Waals surface area contributed by atoms with Gasteiger partial charge in [-0.1, -0.05) is 84.4 Å². The molecule has 0 bridgehead atoms. The largest absolute Gasteiger partial charge is 0.0619 e. The predicted octanol–water partition coefficient (Wildman–Crippen LogP) is 6.42. The van der Waals surface area contributed by atoms with E-state index < -0.39 is 0 Å². The van der Waals surface area contributed by atoms with Gasteiger partial charge in [0, 0.05) is 9.89 Å². The molecular formula is C21H17Br. The van der Waals surface area contributed by atoms with Gasteiger partial charge in [0.2, 0.25) is 0 Å². The Morgan fingerprint density at radius 1 is 0.682 bits per heavy atom. The molecule has 0 radical (unpaired) electrons. The Balaban J connectivity index is 1.97. The lowest BCUT2D eigenvalue weighted by Gasteiger charge is -2.21. The van der Waals surface area contributed by atoms with Crippen molar-refractivity contribution in [1.29, 1.82) is 0 Å². The summed E-state index contributed by atoms with van der Waals surface area (Å²) in [6.07, 6.45) is 0. The third-order valence-corrected chi connectivity index (χ3v) is 5.46. The van der Waals surface area contributed by atoms with Crippen LogP contribution in [0.5, 0.6) is 0 Å². The van der Waals surface area contributed by atoms with E-state index in [-0.39, 0.29) is 5.41 Å². The number of hydrogen-bond acceptors (Lipinski definition) is 0. The minimum Gasteiger partial charge on any atom is -0.0619 e. The van der Waals surface area contributed by atoms with Crippen molar-refractivity contribution in [3.63, 3.8) is 0 Å². The molecule has 0 spiro atoms. The van der Waals surface area contributed by atoms with Crippen LogP contribution in [0.4, 0.5) is 0 Å². The van der Waals surface area contributed by atoms with Crippen molar-refractivity contribution in [3.8, 4) is 22.3 Å². The first kappa shape index (κ1) is 13.8. The lowest BCUT2D eigenvalue weighted by atomic mass is 9.82. The Bertz CT molecular complexity index is 875. The summed E-state index contributed by atoms with van der Waals surface area (Å²) in [6.45, 7) is 4.63. The molecule has 0 amide bonds. The molecule has 0 N–H and O–H groups in total. The molecule has 1 aliphatic carbocycles. The van der Waals surface area contributed by atoms with Crippen molar-refractivity contribution >= 4 is 15.9 Å². The number of fused-ring (bicyclic) bond motifs is 3. The van der Waals surface area contributed by atoms with Crippen LogP contribution in [0, 0.1) is 0 Å². The number of hydrogen-bond donors (Lipinski definition) is 0. The quantitative estimate of drug-likeness (QED) is 0.475. The summed E-state index contributed by atoms with van der Waals surface area (Å²) in [4.78, 5) is 0. The highest BCUT2D eigenvalue weighted by Crippen LogP contribution is 2.49. The van der Waals surface area contributed by atoms with Gasteiger partial charge in [0.15, 0.2) is 0 Å². The van der Waals surface area contributed by atoms with Crippen LogP contribution in [0.25, 0.3) is 22.3 Å². The van der Waals surface area contributed by atoms with E-state index in [1.54, 1.807) is 0 Å². The molecule has 1 aliphatic rings. The van der Waals surface area contributed by atoms with Gasteiger partial charge in [0.25, 0.3) is 0 Å². The molecule has 0 aromatic heterocycles.